The van der Waals surface area contributed by atoms with Gasteiger partial charge in [-0.2, -0.15) is 0 Å². The summed E-state index contributed by atoms with van der Waals surface area (Å²) in [7, 11) is 0. The van der Waals surface area contributed by atoms with Crippen LogP contribution in [-0.4, -0.2) is 23.6 Å². The second-order valence-corrected chi connectivity index (χ2v) is 2.71. The molecular weight excluding hydrogens is 198 g/mol. The molecule has 6 heteroatoms. The Morgan fingerprint density at radius 3 is 2.80 bits per heavy atom. The molecule has 1 rings (SSSR count). The minimum Gasteiger partial charge on any atom is -0.508 e. The van der Waals surface area contributed by atoms with Gasteiger partial charge in [0.2, 0.25) is 0 Å². The molecule has 0 aliphatic heterocycles. The van der Waals surface area contributed by atoms with Gasteiger partial charge < -0.3 is 21.3 Å². The van der Waals surface area contributed by atoms with E-state index in [9.17, 15) is 4.79 Å². The van der Waals surface area contributed by atoms with E-state index in [1.807, 2.05) is 0 Å². The number of hydrogen-bond donors (Lipinski definition) is 3. The minimum absolute atomic E-state index is 0.0159. The number of guanidine groups is 1. The predicted octanol–water partition coefficient (Wildman–Crippen LogP) is -0.429. The van der Waals surface area contributed by atoms with Gasteiger partial charge >= 0.3 is 5.97 Å². The smallest absolute Gasteiger partial charge is 0.333 e. The van der Waals surface area contributed by atoms with Crippen LogP contribution in [-0.2, 0) is 4.79 Å². The van der Waals surface area contributed by atoms with Gasteiger partial charge in [-0.1, -0.05) is 6.07 Å². The number of hydrogen-bond acceptors (Lipinski definition) is 4. The largest absolute Gasteiger partial charge is 0.508 e. The summed E-state index contributed by atoms with van der Waals surface area (Å²) in [6.07, 6.45) is 0. The average Bonchev–Trinajstić information content (AvgIpc) is 2.15. The molecule has 80 valence electrons. The molecule has 0 amide bonds. The van der Waals surface area contributed by atoms with Crippen molar-refractivity contribution in [2.24, 2.45) is 16.5 Å². The van der Waals surface area contributed by atoms with Gasteiger partial charge in [0.05, 0.1) is 0 Å². The summed E-state index contributed by atoms with van der Waals surface area (Å²) in [5, 5.41) is 9.09. The fourth-order valence-electron chi connectivity index (χ4n) is 0.867. The van der Waals surface area contributed by atoms with Gasteiger partial charge in [-0.15, -0.1) is 0 Å². The van der Waals surface area contributed by atoms with Gasteiger partial charge in [-0.25, -0.2) is 9.79 Å². The summed E-state index contributed by atoms with van der Waals surface area (Å²) in [6.45, 7) is -0.252. The average molecular weight is 209 g/mol. The van der Waals surface area contributed by atoms with Gasteiger partial charge in [-0.3, -0.25) is 0 Å². The van der Waals surface area contributed by atoms with E-state index in [2.05, 4.69) is 4.99 Å². The summed E-state index contributed by atoms with van der Waals surface area (Å²) in [5.74, 6) is -0.523. The maximum Gasteiger partial charge on any atom is 0.333 e. The summed E-state index contributed by atoms with van der Waals surface area (Å²) < 4.78 is 4.83. The third-order valence-corrected chi connectivity index (χ3v) is 1.44. The number of ether oxygens (including phenoxy) is 1. The number of phenols is 1. The van der Waals surface area contributed by atoms with Crippen LogP contribution in [0.15, 0.2) is 29.3 Å². The van der Waals surface area contributed by atoms with Crippen LogP contribution in [0, 0.1) is 0 Å². The van der Waals surface area contributed by atoms with Crippen molar-refractivity contribution in [3.8, 4) is 11.5 Å². The number of nitrogens with two attached hydrogens (primary N) is 2. The SMILES string of the molecule is NC(N)=NCC(=O)Oc1cccc(O)c1. The zero-order valence-electron chi connectivity index (χ0n) is 7.88. The molecule has 6 nitrogen and oxygen atoms in total. The molecule has 0 spiro atoms. The van der Waals surface area contributed by atoms with Crippen LogP contribution < -0.4 is 16.2 Å². The van der Waals surface area contributed by atoms with Crippen molar-refractivity contribution in [2.75, 3.05) is 6.54 Å². The molecule has 0 radical (unpaired) electrons. The Labute approximate surface area is 86.2 Å². The molecule has 0 unspecified atom stereocenters. The van der Waals surface area contributed by atoms with E-state index in [1.165, 1.54) is 18.2 Å². The molecule has 1 aromatic carbocycles. The lowest BCUT2D eigenvalue weighted by Gasteiger charge is -2.02. The minimum atomic E-state index is -0.603. The van der Waals surface area contributed by atoms with Gasteiger partial charge in [0.1, 0.15) is 18.0 Å². The first-order chi connectivity index (χ1) is 7.08. The highest BCUT2D eigenvalue weighted by molar-refractivity contribution is 5.81. The molecule has 1 aromatic rings. The molecule has 0 fully saturated rings. The van der Waals surface area contributed by atoms with Gasteiger partial charge in [0, 0.05) is 6.07 Å². The van der Waals surface area contributed by atoms with Crippen molar-refractivity contribution < 1.29 is 14.6 Å². The molecule has 0 aliphatic carbocycles. The summed E-state index contributed by atoms with van der Waals surface area (Å²) in [6, 6.07) is 5.87. The zero-order valence-corrected chi connectivity index (χ0v) is 7.88. The molecule has 0 saturated carbocycles. The maximum atomic E-state index is 11.1. The van der Waals surface area contributed by atoms with Crippen LogP contribution in [0.1, 0.15) is 0 Å². The molecular formula is C9H11N3O3. The molecule has 15 heavy (non-hydrogen) atoms. The molecule has 0 heterocycles. The first-order valence-electron chi connectivity index (χ1n) is 4.13. The Balaban J connectivity index is 2.55. The summed E-state index contributed by atoms with van der Waals surface area (Å²) >= 11 is 0. The third-order valence-electron chi connectivity index (χ3n) is 1.44. The first-order valence-corrected chi connectivity index (χ1v) is 4.13. The van der Waals surface area contributed by atoms with E-state index in [-0.39, 0.29) is 24.0 Å². The second-order valence-electron chi connectivity index (χ2n) is 2.71. The highest BCUT2D eigenvalue weighted by Gasteiger charge is 2.03. The number of nitrogens with zero attached hydrogens (tertiary/aromatic N) is 1. The van der Waals surface area contributed by atoms with Crippen molar-refractivity contribution in [3.05, 3.63) is 24.3 Å². The normalized spacial score (nSPS) is 9.33. The fourth-order valence-corrected chi connectivity index (χ4v) is 0.867. The Morgan fingerprint density at radius 2 is 2.20 bits per heavy atom. The van der Waals surface area contributed by atoms with E-state index in [0.29, 0.717) is 0 Å². The van der Waals surface area contributed by atoms with Crippen molar-refractivity contribution >= 4 is 11.9 Å². The van der Waals surface area contributed by atoms with Crippen molar-refractivity contribution in [3.63, 3.8) is 0 Å². The molecule has 0 aromatic heterocycles. The van der Waals surface area contributed by atoms with E-state index in [0.717, 1.165) is 0 Å². The van der Waals surface area contributed by atoms with Crippen molar-refractivity contribution in [2.45, 2.75) is 0 Å². The molecule has 5 N–H and O–H groups in total. The molecule has 0 atom stereocenters. The first kappa shape index (κ1) is 10.8. The number of benzene rings is 1. The van der Waals surface area contributed by atoms with E-state index in [1.54, 1.807) is 6.07 Å². The van der Waals surface area contributed by atoms with Crippen LogP contribution >= 0.6 is 0 Å². The Morgan fingerprint density at radius 1 is 1.47 bits per heavy atom. The Kier molecular flexibility index (Phi) is 3.50. The van der Waals surface area contributed by atoms with Crippen LogP contribution in [0.2, 0.25) is 0 Å². The van der Waals surface area contributed by atoms with Crippen molar-refractivity contribution in [1.29, 1.82) is 0 Å². The highest BCUT2D eigenvalue weighted by Crippen LogP contribution is 2.17. The molecule has 0 bridgehead atoms. The van der Waals surface area contributed by atoms with Gasteiger partial charge in [0.25, 0.3) is 0 Å². The molecule has 0 aliphatic rings. The Bertz CT molecular complexity index is 386. The lowest BCUT2D eigenvalue weighted by molar-refractivity contribution is -0.132. The lowest BCUT2D eigenvalue weighted by atomic mass is 10.3. The fraction of sp³-hybridized carbons (Fsp3) is 0.111. The number of aliphatic imine (C=N–C) groups is 1. The quantitative estimate of drug-likeness (QED) is 0.271. The predicted molar refractivity (Wildman–Crippen MR) is 54.4 cm³/mol. The zero-order chi connectivity index (χ0) is 11.3. The number of carbonyl (C=O) groups excluding carboxylic acids is 1. The maximum absolute atomic E-state index is 11.1. The molecule has 0 saturated heterocycles. The third kappa shape index (κ3) is 3.99. The number of rotatable bonds is 3. The lowest BCUT2D eigenvalue weighted by Crippen LogP contribution is -2.25. The number of carbonyl (C=O) groups is 1. The van der Waals surface area contributed by atoms with Crippen LogP contribution in [0.3, 0.4) is 0 Å². The summed E-state index contributed by atoms with van der Waals surface area (Å²) in [4.78, 5) is 14.6. The Hall–Kier alpha value is -2.24. The summed E-state index contributed by atoms with van der Waals surface area (Å²) in [5.41, 5.74) is 10.1. The highest BCUT2D eigenvalue weighted by atomic mass is 16.5. The van der Waals surface area contributed by atoms with Crippen LogP contribution in [0.25, 0.3) is 0 Å². The van der Waals surface area contributed by atoms with Crippen LogP contribution in [0.5, 0.6) is 11.5 Å². The van der Waals surface area contributed by atoms with E-state index < -0.39 is 5.97 Å². The van der Waals surface area contributed by atoms with Crippen LogP contribution in [0.4, 0.5) is 0 Å². The number of phenolic OH excluding ortho intramolecular Hbond substituents is 1. The topological polar surface area (TPSA) is 111 Å². The van der Waals surface area contributed by atoms with E-state index in [4.69, 9.17) is 21.3 Å². The number of esters is 1. The monoisotopic (exact) mass is 209 g/mol. The second kappa shape index (κ2) is 4.85. The standard InChI is InChI=1S/C9H11N3O3/c10-9(11)12-5-8(14)15-7-3-1-2-6(13)4-7/h1-4,13H,5H2,(H4,10,11,12). The van der Waals surface area contributed by atoms with Crippen molar-refractivity contribution in [1.82, 2.24) is 0 Å². The van der Waals surface area contributed by atoms with E-state index >= 15 is 0 Å². The van der Waals surface area contributed by atoms with Gasteiger partial charge in [0.15, 0.2) is 5.96 Å². The van der Waals surface area contributed by atoms with Gasteiger partial charge in [-0.05, 0) is 12.1 Å². The number of aromatic hydroxyl groups is 1.